The summed E-state index contributed by atoms with van der Waals surface area (Å²) in [6, 6.07) is 11.5. The standard InChI is InChI=1S/C20H22ClFN2O3S/c21-18-13-16(11-12-19(18)22)24(28(26,27)17-9-5-2-6-10-17)14-20(25)23-15-7-3-1-4-8-15/h2,5-6,9-13,15H,1,3-4,7-8,14H2,(H,23,25). The summed E-state index contributed by atoms with van der Waals surface area (Å²) in [4.78, 5) is 12.6. The van der Waals surface area contributed by atoms with Gasteiger partial charge in [-0.1, -0.05) is 49.1 Å². The van der Waals surface area contributed by atoms with Crippen molar-refractivity contribution in [2.75, 3.05) is 10.8 Å². The maximum atomic E-state index is 13.6. The largest absolute Gasteiger partial charge is 0.352 e. The molecule has 0 saturated heterocycles. The summed E-state index contributed by atoms with van der Waals surface area (Å²) in [5, 5.41) is 2.71. The summed E-state index contributed by atoms with van der Waals surface area (Å²) in [6.07, 6.45) is 5.02. The van der Waals surface area contributed by atoms with Crippen LogP contribution in [0.3, 0.4) is 0 Å². The predicted molar refractivity (Wildman–Crippen MR) is 107 cm³/mol. The molecule has 1 fully saturated rings. The third kappa shape index (κ3) is 4.83. The first kappa shape index (κ1) is 20.6. The molecule has 28 heavy (non-hydrogen) atoms. The summed E-state index contributed by atoms with van der Waals surface area (Å²) < 4.78 is 40.9. The zero-order valence-electron chi connectivity index (χ0n) is 15.3. The smallest absolute Gasteiger partial charge is 0.264 e. The van der Waals surface area contributed by atoms with Crippen LogP contribution in [0.1, 0.15) is 32.1 Å². The quantitative estimate of drug-likeness (QED) is 0.758. The summed E-state index contributed by atoms with van der Waals surface area (Å²) in [5.74, 6) is -1.05. The third-order valence-corrected chi connectivity index (χ3v) is 6.86. The Kier molecular flexibility index (Phi) is 6.57. The van der Waals surface area contributed by atoms with Crippen LogP contribution in [0.15, 0.2) is 53.4 Å². The number of sulfonamides is 1. The van der Waals surface area contributed by atoms with E-state index in [2.05, 4.69) is 5.32 Å². The molecule has 1 saturated carbocycles. The molecule has 8 heteroatoms. The summed E-state index contributed by atoms with van der Waals surface area (Å²) in [7, 11) is -4.03. The number of nitrogens with zero attached hydrogens (tertiary/aromatic N) is 1. The van der Waals surface area contributed by atoms with Crippen molar-refractivity contribution in [3.8, 4) is 0 Å². The van der Waals surface area contributed by atoms with Crippen molar-refractivity contribution in [1.82, 2.24) is 5.32 Å². The molecule has 0 radical (unpaired) electrons. The lowest BCUT2D eigenvalue weighted by Gasteiger charge is -2.27. The minimum atomic E-state index is -4.03. The number of rotatable bonds is 6. The van der Waals surface area contributed by atoms with Crippen molar-refractivity contribution >= 4 is 33.2 Å². The van der Waals surface area contributed by atoms with Gasteiger partial charge in [-0.3, -0.25) is 9.10 Å². The van der Waals surface area contributed by atoms with E-state index >= 15 is 0 Å². The minimum absolute atomic E-state index is 0.0425. The lowest BCUT2D eigenvalue weighted by atomic mass is 9.95. The molecule has 0 unspecified atom stereocenters. The molecule has 0 aromatic heterocycles. The van der Waals surface area contributed by atoms with Gasteiger partial charge < -0.3 is 5.32 Å². The van der Waals surface area contributed by atoms with Gasteiger partial charge in [0.15, 0.2) is 0 Å². The van der Waals surface area contributed by atoms with E-state index in [9.17, 15) is 17.6 Å². The number of halogens is 2. The molecule has 1 aliphatic rings. The molecule has 0 atom stereocenters. The zero-order valence-corrected chi connectivity index (χ0v) is 16.8. The average molecular weight is 425 g/mol. The van der Waals surface area contributed by atoms with Crippen molar-refractivity contribution < 1.29 is 17.6 Å². The van der Waals surface area contributed by atoms with Crippen LogP contribution in [0.5, 0.6) is 0 Å². The van der Waals surface area contributed by atoms with Crippen LogP contribution in [-0.2, 0) is 14.8 Å². The summed E-state index contributed by atoms with van der Waals surface area (Å²) >= 11 is 5.85. The van der Waals surface area contributed by atoms with Gasteiger partial charge >= 0.3 is 0 Å². The molecular formula is C20H22ClFN2O3S. The van der Waals surface area contributed by atoms with Gasteiger partial charge in [0.05, 0.1) is 15.6 Å². The van der Waals surface area contributed by atoms with Gasteiger partial charge in [0.25, 0.3) is 10.0 Å². The molecule has 1 aliphatic carbocycles. The van der Waals surface area contributed by atoms with Crippen LogP contribution in [0.4, 0.5) is 10.1 Å². The molecule has 2 aromatic carbocycles. The van der Waals surface area contributed by atoms with E-state index in [0.29, 0.717) is 0 Å². The number of carbonyl (C=O) groups excluding carboxylic acids is 1. The number of nitrogens with one attached hydrogen (secondary N) is 1. The van der Waals surface area contributed by atoms with Crippen molar-refractivity contribution in [2.45, 2.75) is 43.0 Å². The number of benzene rings is 2. The van der Waals surface area contributed by atoms with E-state index in [0.717, 1.165) is 42.5 Å². The van der Waals surface area contributed by atoms with E-state index in [4.69, 9.17) is 11.6 Å². The average Bonchev–Trinajstić information content (AvgIpc) is 2.70. The third-order valence-electron chi connectivity index (χ3n) is 4.78. The van der Waals surface area contributed by atoms with Crippen molar-refractivity contribution in [3.05, 3.63) is 59.4 Å². The first-order valence-electron chi connectivity index (χ1n) is 9.20. The van der Waals surface area contributed by atoms with Crippen LogP contribution in [0.25, 0.3) is 0 Å². The zero-order chi connectivity index (χ0) is 20.1. The van der Waals surface area contributed by atoms with Gasteiger partial charge in [-0.2, -0.15) is 0 Å². The molecule has 0 bridgehead atoms. The molecule has 0 aliphatic heterocycles. The first-order chi connectivity index (χ1) is 13.4. The molecule has 1 amide bonds. The number of hydrogen-bond acceptors (Lipinski definition) is 3. The van der Waals surface area contributed by atoms with E-state index in [1.807, 2.05) is 0 Å². The molecule has 3 rings (SSSR count). The molecule has 0 spiro atoms. The number of anilines is 1. The SMILES string of the molecule is O=C(CN(c1ccc(F)c(Cl)c1)S(=O)(=O)c1ccccc1)NC1CCCCC1. The van der Waals surface area contributed by atoms with Crippen LogP contribution < -0.4 is 9.62 Å². The monoisotopic (exact) mass is 424 g/mol. The fourth-order valence-corrected chi connectivity index (χ4v) is 4.93. The number of carbonyl (C=O) groups is 1. The highest BCUT2D eigenvalue weighted by Gasteiger charge is 2.28. The maximum Gasteiger partial charge on any atom is 0.264 e. The summed E-state index contributed by atoms with van der Waals surface area (Å²) in [6.45, 7) is -0.407. The van der Waals surface area contributed by atoms with Crippen LogP contribution in [0, 0.1) is 5.82 Å². The van der Waals surface area contributed by atoms with Crippen LogP contribution in [-0.4, -0.2) is 26.9 Å². The number of amides is 1. The molecule has 5 nitrogen and oxygen atoms in total. The Morgan fingerprint density at radius 2 is 1.79 bits per heavy atom. The molecule has 2 aromatic rings. The van der Waals surface area contributed by atoms with Gasteiger partial charge in [-0.15, -0.1) is 0 Å². The van der Waals surface area contributed by atoms with E-state index in [1.165, 1.54) is 24.3 Å². The Labute approximate surface area is 169 Å². The van der Waals surface area contributed by atoms with Crippen molar-refractivity contribution in [3.63, 3.8) is 0 Å². The van der Waals surface area contributed by atoms with Crippen molar-refractivity contribution in [1.29, 1.82) is 0 Å². The molecule has 1 N–H and O–H groups in total. The normalized spacial score (nSPS) is 15.2. The lowest BCUT2D eigenvalue weighted by molar-refractivity contribution is -0.120. The second-order valence-electron chi connectivity index (χ2n) is 6.83. The Morgan fingerprint density at radius 3 is 2.43 bits per heavy atom. The van der Waals surface area contributed by atoms with E-state index < -0.39 is 28.3 Å². The summed E-state index contributed by atoms with van der Waals surface area (Å²) in [5.41, 5.74) is 0.133. The topological polar surface area (TPSA) is 66.5 Å². The fraction of sp³-hybridized carbons (Fsp3) is 0.350. The predicted octanol–water partition coefficient (Wildman–Crippen LogP) is 4.12. The molecular weight excluding hydrogens is 403 g/mol. The van der Waals surface area contributed by atoms with Crippen molar-refractivity contribution in [2.24, 2.45) is 0 Å². The fourth-order valence-electron chi connectivity index (χ4n) is 3.33. The second kappa shape index (κ2) is 8.92. The van der Waals surface area contributed by atoms with Gasteiger partial charge in [0.2, 0.25) is 5.91 Å². The van der Waals surface area contributed by atoms with Crippen LogP contribution in [0.2, 0.25) is 5.02 Å². The second-order valence-corrected chi connectivity index (χ2v) is 9.10. The highest BCUT2D eigenvalue weighted by molar-refractivity contribution is 7.92. The number of hydrogen-bond donors (Lipinski definition) is 1. The minimum Gasteiger partial charge on any atom is -0.352 e. The highest BCUT2D eigenvalue weighted by atomic mass is 35.5. The van der Waals surface area contributed by atoms with Gasteiger partial charge in [-0.05, 0) is 43.2 Å². The van der Waals surface area contributed by atoms with E-state index in [-0.39, 0.29) is 21.6 Å². The van der Waals surface area contributed by atoms with Gasteiger partial charge in [0, 0.05) is 6.04 Å². The van der Waals surface area contributed by atoms with Crippen LogP contribution >= 0.6 is 11.6 Å². The van der Waals surface area contributed by atoms with Gasteiger partial charge in [-0.25, -0.2) is 12.8 Å². The highest BCUT2D eigenvalue weighted by Crippen LogP contribution is 2.27. The lowest BCUT2D eigenvalue weighted by Crippen LogP contribution is -2.44. The maximum absolute atomic E-state index is 13.6. The van der Waals surface area contributed by atoms with E-state index in [1.54, 1.807) is 18.2 Å². The first-order valence-corrected chi connectivity index (χ1v) is 11.0. The Morgan fingerprint density at radius 1 is 1.11 bits per heavy atom. The van der Waals surface area contributed by atoms with Gasteiger partial charge in [0.1, 0.15) is 12.4 Å². The molecule has 0 heterocycles. The Balaban J connectivity index is 1.90. The molecule has 150 valence electrons. The Hall–Kier alpha value is -2.12. The Bertz CT molecular complexity index is 932.